The van der Waals surface area contributed by atoms with Crippen molar-refractivity contribution in [2.24, 2.45) is 0 Å². The Balaban J connectivity index is 1.73. The zero-order valence-electron chi connectivity index (χ0n) is 13.9. The molecular weight excluding hydrogens is 304 g/mol. The van der Waals surface area contributed by atoms with Crippen molar-refractivity contribution in [3.63, 3.8) is 0 Å². The fraction of sp³-hybridized carbons (Fsp3) is 0.412. The molecule has 2 aromatic heterocycles. The molecule has 3 heterocycles. The van der Waals surface area contributed by atoms with E-state index < -0.39 is 0 Å². The first-order valence-electron chi connectivity index (χ1n) is 7.94. The van der Waals surface area contributed by atoms with E-state index in [0.717, 1.165) is 48.9 Å². The van der Waals surface area contributed by atoms with Gasteiger partial charge in [0, 0.05) is 25.8 Å². The fourth-order valence-corrected chi connectivity index (χ4v) is 2.59. The summed E-state index contributed by atoms with van der Waals surface area (Å²) in [6, 6.07) is 6.21. The molecule has 2 aromatic rings. The largest absolute Gasteiger partial charge is 0.378 e. The van der Waals surface area contributed by atoms with Gasteiger partial charge in [-0.25, -0.2) is 4.98 Å². The number of pyridine rings is 1. The van der Waals surface area contributed by atoms with Crippen LogP contribution in [0.5, 0.6) is 0 Å². The van der Waals surface area contributed by atoms with Gasteiger partial charge in [0.05, 0.1) is 18.9 Å². The highest BCUT2D eigenvalue weighted by atomic mass is 16.5. The topological polar surface area (TPSA) is 87.0 Å². The van der Waals surface area contributed by atoms with Crippen molar-refractivity contribution >= 4 is 11.6 Å². The van der Waals surface area contributed by atoms with Gasteiger partial charge in [0.25, 0.3) is 0 Å². The molecule has 1 saturated heterocycles. The number of morpholine rings is 1. The molecule has 0 spiro atoms. The highest BCUT2D eigenvalue weighted by Gasteiger charge is 2.13. The Labute approximate surface area is 141 Å². The molecule has 0 aliphatic carbocycles. The summed E-state index contributed by atoms with van der Waals surface area (Å²) < 4.78 is 5.38. The summed E-state index contributed by atoms with van der Waals surface area (Å²) in [6.45, 7) is 7.46. The van der Waals surface area contributed by atoms with Gasteiger partial charge < -0.3 is 15.0 Å². The van der Waals surface area contributed by atoms with E-state index in [4.69, 9.17) is 4.74 Å². The quantitative estimate of drug-likeness (QED) is 0.917. The monoisotopic (exact) mass is 324 g/mol. The zero-order chi connectivity index (χ0) is 16.9. The molecule has 0 bridgehead atoms. The molecular formula is C17H20N6O. The molecule has 1 aliphatic heterocycles. The lowest BCUT2D eigenvalue weighted by Crippen LogP contribution is -2.36. The van der Waals surface area contributed by atoms with Gasteiger partial charge in [-0.15, -0.1) is 5.10 Å². The lowest BCUT2D eigenvalue weighted by Gasteiger charge is -2.28. The van der Waals surface area contributed by atoms with Gasteiger partial charge >= 0.3 is 0 Å². The third kappa shape index (κ3) is 3.44. The second kappa shape index (κ2) is 7.23. The molecule has 1 aliphatic rings. The number of rotatable bonds is 4. The maximum absolute atomic E-state index is 9.35. The third-order valence-electron chi connectivity index (χ3n) is 4.17. The van der Waals surface area contributed by atoms with E-state index in [9.17, 15) is 5.26 Å². The van der Waals surface area contributed by atoms with Gasteiger partial charge in [0.1, 0.15) is 17.5 Å². The van der Waals surface area contributed by atoms with E-state index in [-0.39, 0.29) is 0 Å². The SMILES string of the molecule is Cc1nnc(NCc2ccnc(N3CCOCC3)c2)c(C#N)c1C. The van der Waals surface area contributed by atoms with Crippen LogP contribution in [0, 0.1) is 25.2 Å². The predicted octanol–water partition coefficient (Wildman–Crippen LogP) is 1.81. The van der Waals surface area contributed by atoms with Crippen LogP contribution in [0.3, 0.4) is 0 Å². The minimum absolute atomic E-state index is 0.519. The summed E-state index contributed by atoms with van der Waals surface area (Å²) in [5, 5.41) is 20.8. The van der Waals surface area contributed by atoms with Gasteiger partial charge in [-0.3, -0.25) is 0 Å². The number of aryl methyl sites for hydroxylation is 1. The van der Waals surface area contributed by atoms with Crippen LogP contribution >= 0.6 is 0 Å². The molecule has 7 nitrogen and oxygen atoms in total. The summed E-state index contributed by atoms with van der Waals surface area (Å²) in [6.07, 6.45) is 1.80. The van der Waals surface area contributed by atoms with Gasteiger partial charge in [0.2, 0.25) is 0 Å². The Hall–Kier alpha value is -2.72. The zero-order valence-corrected chi connectivity index (χ0v) is 13.9. The third-order valence-corrected chi connectivity index (χ3v) is 4.17. The molecule has 0 atom stereocenters. The minimum atomic E-state index is 0.519. The molecule has 3 rings (SSSR count). The summed E-state index contributed by atoms with van der Waals surface area (Å²) in [5.41, 5.74) is 3.26. The molecule has 1 N–H and O–H groups in total. The Morgan fingerprint density at radius 2 is 2.08 bits per heavy atom. The second-order valence-corrected chi connectivity index (χ2v) is 5.72. The lowest BCUT2D eigenvalue weighted by atomic mass is 10.1. The number of nitrogens with zero attached hydrogens (tertiary/aromatic N) is 5. The molecule has 0 radical (unpaired) electrons. The number of anilines is 2. The Morgan fingerprint density at radius 3 is 2.83 bits per heavy atom. The van der Waals surface area contributed by atoms with E-state index in [1.807, 2.05) is 19.9 Å². The smallest absolute Gasteiger partial charge is 0.167 e. The van der Waals surface area contributed by atoms with Crippen molar-refractivity contribution in [2.45, 2.75) is 20.4 Å². The van der Waals surface area contributed by atoms with Gasteiger partial charge in [0.15, 0.2) is 5.82 Å². The summed E-state index contributed by atoms with van der Waals surface area (Å²) >= 11 is 0. The van der Waals surface area contributed by atoms with Crippen molar-refractivity contribution in [3.05, 3.63) is 40.7 Å². The molecule has 0 unspecified atom stereocenters. The normalized spacial score (nSPS) is 14.3. The Bertz CT molecular complexity index is 764. The van der Waals surface area contributed by atoms with E-state index in [1.165, 1.54) is 0 Å². The molecule has 0 amide bonds. The molecule has 24 heavy (non-hydrogen) atoms. The van der Waals surface area contributed by atoms with Gasteiger partial charge in [-0.2, -0.15) is 10.4 Å². The fourth-order valence-electron chi connectivity index (χ4n) is 2.59. The average molecular weight is 324 g/mol. The highest BCUT2D eigenvalue weighted by molar-refractivity contribution is 5.56. The van der Waals surface area contributed by atoms with E-state index in [0.29, 0.717) is 17.9 Å². The lowest BCUT2D eigenvalue weighted by molar-refractivity contribution is 0.122. The van der Waals surface area contributed by atoms with Crippen LogP contribution in [0.15, 0.2) is 18.3 Å². The van der Waals surface area contributed by atoms with Crippen molar-refractivity contribution < 1.29 is 4.74 Å². The number of hydrogen-bond acceptors (Lipinski definition) is 7. The van der Waals surface area contributed by atoms with Crippen LogP contribution in [-0.2, 0) is 11.3 Å². The number of ether oxygens (including phenoxy) is 1. The Morgan fingerprint density at radius 1 is 1.29 bits per heavy atom. The van der Waals surface area contributed by atoms with Crippen molar-refractivity contribution in [1.29, 1.82) is 5.26 Å². The average Bonchev–Trinajstić information content (AvgIpc) is 2.63. The summed E-state index contributed by atoms with van der Waals surface area (Å²) in [4.78, 5) is 6.65. The maximum Gasteiger partial charge on any atom is 0.167 e. The van der Waals surface area contributed by atoms with Crippen LogP contribution in [-0.4, -0.2) is 41.5 Å². The number of nitrogens with one attached hydrogen (secondary N) is 1. The standard InChI is InChI=1S/C17H20N6O/c1-12-13(2)21-22-17(15(12)10-18)20-11-14-3-4-19-16(9-14)23-5-7-24-8-6-23/h3-4,9H,5-8,11H2,1-2H3,(H,20,22). The van der Waals surface area contributed by atoms with Gasteiger partial charge in [-0.1, -0.05) is 0 Å². The summed E-state index contributed by atoms with van der Waals surface area (Å²) in [5.74, 6) is 1.47. The van der Waals surface area contributed by atoms with Crippen LogP contribution in [0.2, 0.25) is 0 Å². The van der Waals surface area contributed by atoms with Crippen LogP contribution in [0.4, 0.5) is 11.6 Å². The number of nitriles is 1. The first-order chi connectivity index (χ1) is 11.7. The van der Waals surface area contributed by atoms with Crippen molar-refractivity contribution in [2.75, 3.05) is 36.5 Å². The molecule has 0 aromatic carbocycles. The van der Waals surface area contributed by atoms with E-state index in [2.05, 4.69) is 37.5 Å². The second-order valence-electron chi connectivity index (χ2n) is 5.72. The van der Waals surface area contributed by atoms with E-state index in [1.54, 1.807) is 6.20 Å². The first-order valence-corrected chi connectivity index (χ1v) is 7.94. The highest BCUT2D eigenvalue weighted by Crippen LogP contribution is 2.19. The summed E-state index contributed by atoms with van der Waals surface area (Å²) in [7, 11) is 0. The molecule has 7 heteroatoms. The number of aromatic nitrogens is 3. The maximum atomic E-state index is 9.35. The Kier molecular flexibility index (Phi) is 4.87. The van der Waals surface area contributed by atoms with Crippen molar-refractivity contribution in [1.82, 2.24) is 15.2 Å². The van der Waals surface area contributed by atoms with E-state index >= 15 is 0 Å². The van der Waals surface area contributed by atoms with Crippen LogP contribution in [0.1, 0.15) is 22.4 Å². The van der Waals surface area contributed by atoms with Gasteiger partial charge in [-0.05, 0) is 37.1 Å². The predicted molar refractivity (Wildman–Crippen MR) is 90.8 cm³/mol. The molecule has 124 valence electrons. The number of hydrogen-bond donors (Lipinski definition) is 1. The first kappa shape index (κ1) is 16.1. The van der Waals surface area contributed by atoms with Crippen LogP contribution in [0.25, 0.3) is 0 Å². The minimum Gasteiger partial charge on any atom is -0.378 e. The van der Waals surface area contributed by atoms with Crippen molar-refractivity contribution in [3.8, 4) is 6.07 Å². The molecule has 1 fully saturated rings. The molecule has 0 saturated carbocycles. The van der Waals surface area contributed by atoms with Crippen LogP contribution < -0.4 is 10.2 Å².